The van der Waals surface area contributed by atoms with Crippen LogP contribution in [0.5, 0.6) is 0 Å². The van der Waals surface area contributed by atoms with Crippen molar-refractivity contribution in [2.24, 2.45) is 0 Å². The lowest BCUT2D eigenvalue weighted by Crippen LogP contribution is -2.19. The van der Waals surface area contributed by atoms with E-state index in [4.69, 9.17) is 13.9 Å². The number of esters is 1. The van der Waals surface area contributed by atoms with E-state index in [9.17, 15) is 4.79 Å². The van der Waals surface area contributed by atoms with Crippen LogP contribution in [0.1, 0.15) is 53.5 Å². The van der Waals surface area contributed by atoms with E-state index in [0.717, 1.165) is 49.0 Å². The summed E-state index contributed by atoms with van der Waals surface area (Å²) in [4.78, 5) is 12.7. The van der Waals surface area contributed by atoms with Crippen molar-refractivity contribution < 1.29 is 18.7 Å². The number of rotatable bonds is 1. The predicted molar refractivity (Wildman–Crippen MR) is 85.3 cm³/mol. The van der Waals surface area contributed by atoms with E-state index < -0.39 is 0 Å². The van der Waals surface area contributed by atoms with Gasteiger partial charge in [-0.1, -0.05) is 30.3 Å². The number of aryl methyl sites for hydroxylation is 1. The largest absolute Gasteiger partial charge is 0.462 e. The Morgan fingerprint density at radius 2 is 1.83 bits per heavy atom. The molecule has 120 valence electrons. The number of carbonyl (C=O) groups is 1. The topological polar surface area (TPSA) is 48.7 Å². The third-order valence-corrected chi connectivity index (χ3v) is 4.55. The molecule has 0 spiro atoms. The molecule has 2 heterocycles. The van der Waals surface area contributed by atoms with E-state index in [1.807, 2.05) is 30.3 Å². The number of benzene rings is 1. The normalized spacial score (nSPS) is 21.4. The van der Waals surface area contributed by atoms with E-state index in [-0.39, 0.29) is 12.1 Å². The Balaban J connectivity index is 1.88. The molecule has 1 aromatic carbocycles. The number of cyclic esters (lactones) is 1. The van der Waals surface area contributed by atoms with Gasteiger partial charge in [-0.15, -0.1) is 0 Å². The van der Waals surface area contributed by atoms with E-state index in [2.05, 4.69) is 0 Å². The fraction of sp³-hybridized carbons (Fsp3) is 0.421. The Labute approximate surface area is 135 Å². The standard InChI is InChI=1S/C19H20O4/c20-19-17-16-14(21-11-4-5-12-22-19)9-6-10-15(16)23-18(17)13-7-2-1-3-8-13/h1-3,7-8,14H,4-6,9-12H2. The zero-order valence-electron chi connectivity index (χ0n) is 13.0. The molecule has 1 aliphatic heterocycles. The van der Waals surface area contributed by atoms with Crippen molar-refractivity contribution >= 4 is 5.97 Å². The molecule has 4 rings (SSSR count). The third-order valence-electron chi connectivity index (χ3n) is 4.55. The van der Waals surface area contributed by atoms with E-state index in [0.29, 0.717) is 24.5 Å². The van der Waals surface area contributed by atoms with Gasteiger partial charge < -0.3 is 13.9 Å². The van der Waals surface area contributed by atoms with Crippen LogP contribution in [-0.2, 0) is 15.9 Å². The molecule has 2 aromatic rings. The molecule has 4 heteroatoms. The van der Waals surface area contributed by atoms with Gasteiger partial charge in [-0.3, -0.25) is 0 Å². The molecule has 0 radical (unpaired) electrons. The summed E-state index contributed by atoms with van der Waals surface area (Å²) in [6.45, 7) is 1.13. The highest BCUT2D eigenvalue weighted by molar-refractivity contribution is 5.98. The molecular formula is C19H20O4. The van der Waals surface area contributed by atoms with Gasteiger partial charge in [0.2, 0.25) is 0 Å². The van der Waals surface area contributed by atoms with Gasteiger partial charge >= 0.3 is 5.97 Å². The van der Waals surface area contributed by atoms with Crippen molar-refractivity contribution in [3.8, 4) is 11.3 Å². The monoisotopic (exact) mass is 312 g/mol. The first kappa shape index (κ1) is 14.5. The number of hydrogen-bond donors (Lipinski definition) is 0. The quantitative estimate of drug-likeness (QED) is 0.737. The van der Waals surface area contributed by atoms with Gasteiger partial charge in [0, 0.05) is 24.2 Å². The van der Waals surface area contributed by atoms with Gasteiger partial charge in [0.1, 0.15) is 17.1 Å². The van der Waals surface area contributed by atoms with Gasteiger partial charge in [0.25, 0.3) is 0 Å². The number of carbonyl (C=O) groups excluding carboxylic acids is 1. The van der Waals surface area contributed by atoms with Crippen LogP contribution >= 0.6 is 0 Å². The fourth-order valence-electron chi connectivity index (χ4n) is 3.44. The lowest BCUT2D eigenvalue weighted by atomic mass is 9.91. The van der Waals surface area contributed by atoms with Gasteiger partial charge in [-0.05, 0) is 25.7 Å². The highest BCUT2D eigenvalue weighted by Gasteiger charge is 2.35. The summed E-state index contributed by atoms with van der Waals surface area (Å²) < 4.78 is 17.6. The highest BCUT2D eigenvalue weighted by Crippen LogP contribution is 2.42. The molecular weight excluding hydrogens is 292 g/mol. The van der Waals surface area contributed by atoms with Gasteiger partial charge in [0.15, 0.2) is 0 Å². The molecule has 0 fully saturated rings. The smallest absolute Gasteiger partial charge is 0.342 e. The van der Waals surface area contributed by atoms with E-state index in [1.54, 1.807) is 0 Å². The van der Waals surface area contributed by atoms with Crippen molar-refractivity contribution in [3.05, 3.63) is 47.2 Å². The van der Waals surface area contributed by atoms with Crippen molar-refractivity contribution in [3.63, 3.8) is 0 Å². The molecule has 1 aromatic heterocycles. The Hall–Kier alpha value is -2.07. The lowest BCUT2D eigenvalue weighted by molar-refractivity contribution is 0.0235. The zero-order valence-corrected chi connectivity index (χ0v) is 13.0. The first-order valence-electron chi connectivity index (χ1n) is 8.34. The molecule has 0 saturated heterocycles. The second kappa shape index (κ2) is 6.20. The minimum Gasteiger partial charge on any atom is -0.462 e. The minimum atomic E-state index is -0.286. The summed E-state index contributed by atoms with van der Waals surface area (Å²) in [6, 6.07) is 9.77. The highest BCUT2D eigenvalue weighted by atomic mass is 16.5. The number of ether oxygens (including phenoxy) is 2. The molecule has 0 saturated carbocycles. The van der Waals surface area contributed by atoms with Crippen molar-refractivity contribution in [2.75, 3.05) is 13.2 Å². The molecule has 0 N–H and O–H groups in total. The first-order chi connectivity index (χ1) is 11.3. The van der Waals surface area contributed by atoms with Crippen LogP contribution in [-0.4, -0.2) is 19.2 Å². The maximum Gasteiger partial charge on any atom is 0.342 e. The van der Waals surface area contributed by atoms with Crippen LogP contribution in [0, 0.1) is 0 Å². The second-order valence-corrected chi connectivity index (χ2v) is 6.10. The van der Waals surface area contributed by atoms with Gasteiger partial charge in [-0.2, -0.15) is 0 Å². The average molecular weight is 312 g/mol. The third kappa shape index (κ3) is 2.68. The lowest BCUT2D eigenvalue weighted by Gasteiger charge is -2.24. The number of hydrogen-bond acceptors (Lipinski definition) is 4. The fourth-order valence-corrected chi connectivity index (χ4v) is 3.44. The van der Waals surface area contributed by atoms with E-state index in [1.165, 1.54) is 0 Å². The molecule has 1 unspecified atom stereocenters. The van der Waals surface area contributed by atoms with Crippen molar-refractivity contribution in [1.29, 1.82) is 0 Å². The van der Waals surface area contributed by atoms with Crippen LogP contribution in [0.4, 0.5) is 0 Å². The second-order valence-electron chi connectivity index (χ2n) is 6.10. The molecule has 4 nitrogen and oxygen atoms in total. The Morgan fingerprint density at radius 1 is 1.00 bits per heavy atom. The van der Waals surface area contributed by atoms with Crippen LogP contribution in [0.15, 0.2) is 34.7 Å². The summed E-state index contributed by atoms with van der Waals surface area (Å²) in [5, 5.41) is 0. The Bertz CT molecular complexity index is 702. The summed E-state index contributed by atoms with van der Waals surface area (Å²) in [5.41, 5.74) is 2.39. The molecule has 2 aliphatic rings. The Kier molecular flexibility index (Phi) is 3.92. The van der Waals surface area contributed by atoms with Gasteiger partial charge in [0.05, 0.1) is 12.7 Å². The van der Waals surface area contributed by atoms with Crippen LogP contribution in [0.3, 0.4) is 0 Å². The molecule has 1 aliphatic carbocycles. The SMILES string of the molecule is O=C1OCCCCOC2CCCc3oc(-c4ccccc4)c1c32. The van der Waals surface area contributed by atoms with Crippen molar-refractivity contribution in [2.45, 2.75) is 38.2 Å². The van der Waals surface area contributed by atoms with Crippen molar-refractivity contribution in [1.82, 2.24) is 0 Å². The van der Waals surface area contributed by atoms with Crippen LogP contribution in [0.2, 0.25) is 0 Å². The minimum absolute atomic E-state index is 0.0550. The number of furan rings is 1. The first-order valence-corrected chi connectivity index (χ1v) is 8.34. The van der Waals surface area contributed by atoms with E-state index >= 15 is 0 Å². The average Bonchev–Trinajstić information content (AvgIpc) is 2.99. The maximum atomic E-state index is 12.7. The van der Waals surface area contributed by atoms with Crippen LogP contribution < -0.4 is 0 Å². The zero-order chi connectivity index (χ0) is 15.6. The Morgan fingerprint density at radius 3 is 2.70 bits per heavy atom. The summed E-state index contributed by atoms with van der Waals surface area (Å²) >= 11 is 0. The molecule has 1 atom stereocenters. The summed E-state index contributed by atoms with van der Waals surface area (Å²) in [6.07, 6.45) is 4.49. The molecule has 0 bridgehead atoms. The molecule has 0 amide bonds. The summed E-state index contributed by atoms with van der Waals surface area (Å²) in [7, 11) is 0. The van der Waals surface area contributed by atoms with Crippen LogP contribution in [0.25, 0.3) is 11.3 Å². The maximum absolute atomic E-state index is 12.7. The predicted octanol–water partition coefficient (Wildman–Crippen LogP) is 4.29. The molecule has 23 heavy (non-hydrogen) atoms. The summed E-state index contributed by atoms with van der Waals surface area (Å²) in [5.74, 6) is 1.22. The van der Waals surface area contributed by atoms with Gasteiger partial charge in [-0.25, -0.2) is 4.79 Å².